The van der Waals surface area contributed by atoms with E-state index < -0.39 is 11.8 Å². The summed E-state index contributed by atoms with van der Waals surface area (Å²) in [6.45, 7) is 10.3. The molecule has 1 aliphatic heterocycles. The largest absolute Gasteiger partial charge is 0.465 e. The first kappa shape index (κ1) is 41.8. The molecule has 1 rings (SSSR count). The molecule has 8 heteroatoms. The van der Waals surface area contributed by atoms with Gasteiger partial charge in [-0.1, -0.05) is 124 Å². The summed E-state index contributed by atoms with van der Waals surface area (Å²) in [6, 6.07) is 0. The molecule has 1 unspecified atom stereocenters. The first-order valence-corrected chi connectivity index (χ1v) is 18.9. The van der Waals surface area contributed by atoms with E-state index in [1.54, 1.807) is 7.11 Å². The number of piperidine rings is 1. The lowest BCUT2D eigenvalue weighted by molar-refractivity contribution is -0.165. The van der Waals surface area contributed by atoms with Crippen molar-refractivity contribution in [2.24, 2.45) is 5.41 Å². The second-order valence-electron chi connectivity index (χ2n) is 13.5. The predicted molar refractivity (Wildman–Crippen MR) is 184 cm³/mol. The second kappa shape index (κ2) is 27.9. The van der Waals surface area contributed by atoms with Crippen LogP contribution in [0.4, 0.5) is 0 Å². The number of carbonyl (C=O) groups excluding carboxylic acids is 2. The van der Waals surface area contributed by atoms with E-state index in [1.807, 2.05) is 11.8 Å². The first-order chi connectivity index (χ1) is 21.9. The highest BCUT2D eigenvalue weighted by Crippen LogP contribution is 2.34. The van der Waals surface area contributed by atoms with Gasteiger partial charge in [0, 0.05) is 45.0 Å². The third kappa shape index (κ3) is 20.6. The van der Waals surface area contributed by atoms with Gasteiger partial charge in [0.15, 0.2) is 6.35 Å². The van der Waals surface area contributed by atoms with Crippen molar-refractivity contribution in [3.05, 3.63) is 0 Å². The molecule has 8 nitrogen and oxygen atoms in total. The Morgan fingerprint density at radius 3 is 1.47 bits per heavy atom. The number of carbonyl (C=O) groups is 2. The monoisotopic (exact) mass is 641 g/mol. The van der Waals surface area contributed by atoms with Gasteiger partial charge in [0.1, 0.15) is 13.2 Å². The van der Waals surface area contributed by atoms with Crippen molar-refractivity contribution in [3.63, 3.8) is 0 Å². The topological polar surface area (TPSA) is 88.5 Å². The molecule has 1 heterocycles. The van der Waals surface area contributed by atoms with Crippen molar-refractivity contribution in [2.45, 2.75) is 168 Å². The Bertz CT molecular complexity index is 673. The van der Waals surface area contributed by atoms with Crippen LogP contribution in [0.3, 0.4) is 0 Å². The van der Waals surface area contributed by atoms with Crippen LogP contribution in [-0.2, 0) is 23.8 Å². The molecule has 0 bridgehead atoms. The third-order valence-corrected chi connectivity index (χ3v) is 9.55. The Morgan fingerprint density at radius 1 is 0.689 bits per heavy atom. The molecule has 1 N–H and O–H groups in total. The molecule has 1 saturated heterocycles. The third-order valence-electron chi connectivity index (χ3n) is 9.55. The predicted octanol–water partition coefficient (Wildman–Crippen LogP) is 8.24. The fourth-order valence-electron chi connectivity index (χ4n) is 6.21. The highest BCUT2D eigenvalue weighted by atomic mass is 16.5. The number of hydrogen-bond donors (Lipinski definition) is 1. The summed E-state index contributed by atoms with van der Waals surface area (Å²) in [5.41, 5.74) is -0.415. The quantitative estimate of drug-likeness (QED) is 0.0477. The minimum atomic E-state index is -0.688. The molecule has 0 aliphatic carbocycles. The number of unbranched alkanes of at least 4 members (excludes halogenated alkanes) is 16. The van der Waals surface area contributed by atoms with Crippen molar-refractivity contribution in [2.75, 3.05) is 53.1 Å². The Labute approximate surface area is 277 Å². The number of ether oxygens (including phenoxy) is 3. The van der Waals surface area contributed by atoms with E-state index in [4.69, 9.17) is 14.2 Å². The molecule has 1 aliphatic rings. The summed E-state index contributed by atoms with van der Waals surface area (Å²) in [6.07, 6.45) is 23.4. The molecule has 0 radical (unpaired) electrons. The molecule has 45 heavy (non-hydrogen) atoms. The van der Waals surface area contributed by atoms with Crippen LogP contribution in [0, 0.1) is 5.41 Å². The Balaban J connectivity index is 2.52. The number of aliphatic hydroxyl groups is 1. The lowest BCUT2D eigenvalue weighted by atomic mass is 9.79. The fourth-order valence-corrected chi connectivity index (χ4v) is 6.21. The summed E-state index contributed by atoms with van der Waals surface area (Å²) in [4.78, 5) is 29.4. The van der Waals surface area contributed by atoms with E-state index in [0.717, 1.165) is 32.2 Å². The lowest BCUT2D eigenvalue weighted by Crippen LogP contribution is -2.55. The molecular weight excluding hydrogens is 568 g/mol. The minimum Gasteiger partial charge on any atom is -0.465 e. The number of likely N-dealkylation sites (tertiary alicyclic amines) is 1. The Kier molecular flexibility index (Phi) is 25.9. The SMILES string of the molecule is CCCCCCCCCCCC(=O)OCC1(COC(=O)CCCCCCCCCCC)CCN(C(O)N(CC)CCOC)CC1. The van der Waals surface area contributed by atoms with Crippen molar-refractivity contribution in [3.8, 4) is 0 Å². The van der Waals surface area contributed by atoms with E-state index >= 15 is 0 Å². The maximum atomic E-state index is 12.7. The van der Waals surface area contributed by atoms with E-state index in [2.05, 4.69) is 18.7 Å². The van der Waals surface area contributed by atoms with Crippen molar-refractivity contribution in [1.29, 1.82) is 0 Å². The smallest absolute Gasteiger partial charge is 0.305 e. The van der Waals surface area contributed by atoms with Gasteiger partial charge in [0.05, 0.1) is 6.61 Å². The van der Waals surface area contributed by atoms with Gasteiger partial charge in [-0.25, -0.2) is 0 Å². The highest BCUT2D eigenvalue weighted by molar-refractivity contribution is 5.69. The summed E-state index contributed by atoms with van der Waals surface area (Å²) >= 11 is 0. The zero-order valence-corrected chi connectivity index (χ0v) is 30.0. The number of aliphatic hydroxyl groups excluding tert-OH is 1. The Hall–Kier alpha value is -1.22. The Morgan fingerprint density at radius 2 is 1.09 bits per heavy atom. The van der Waals surface area contributed by atoms with E-state index in [0.29, 0.717) is 51.9 Å². The van der Waals surface area contributed by atoms with Gasteiger partial charge in [-0.05, 0) is 32.2 Å². The molecule has 0 spiro atoms. The van der Waals surface area contributed by atoms with Crippen molar-refractivity contribution < 1.29 is 28.9 Å². The molecule has 0 aromatic carbocycles. The number of esters is 2. The van der Waals surface area contributed by atoms with Crippen molar-refractivity contribution >= 4 is 11.9 Å². The van der Waals surface area contributed by atoms with Crippen LogP contribution in [0.5, 0.6) is 0 Å². The van der Waals surface area contributed by atoms with Gasteiger partial charge < -0.3 is 19.3 Å². The molecule has 0 saturated carbocycles. The average molecular weight is 641 g/mol. The number of methoxy groups -OCH3 is 1. The van der Waals surface area contributed by atoms with Gasteiger partial charge in [-0.2, -0.15) is 0 Å². The molecule has 266 valence electrons. The van der Waals surface area contributed by atoms with Crippen molar-refractivity contribution in [1.82, 2.24) is 9.80 Å². The molecular formula is C37H72N2O6. The summed E-state index contributed by atoms with van der Waals surface area (Å²) in [7, 11) is 1.67. The molecule has 1 atom stereocenters. The number of nitrogens with zero attached hydrogens (tertiary/aromatic N) is 2. The number of hydrogen-bond acceptors (Lipinski definition) is 8. The summed E-state index contributed by atoms with van der Waals surface area (Å²) in [5.74, 6) is -0.310. The highest BCUT2D eigenvalue weighted by Gasteiger charge is 2.39. The number of likely N-dealkylation sites (N-methyl/N-ethyl adjacent to an activating group) is 1. The fraction of sp³-hybridized carbons (Fsp3) is 0.946. The van der Waals surface area contributed by atoms with Crippen LogP contribution in [-0.4, -0.2) is 86.3 Å². The zero-order chi connectivity index (χ0) is 33.0. The maximum absolute atomic E-state index is 12.7. The van der Waals surface area contributed by atoms with E-state index in [-0.39, 0.29) is 25.2 Å². The standard InChI is InChI=1S/C37H72N2O6/c1-5-8-10-12-14-16-18-20-22-24-34(40)44-32-37(26-28-39(29-27-37)36(42)38(7-3)30-31-43-4)33-45-35(41)25-23-21-19-17-15-13-11-9-6-2/h36,42H,5-33H2,1-4H3. The van der Waals surface area contributed by atoms with Gasteiger partial charge in [0.25, 0.3) is 0 Å². The van der Waals surface area contributed by atoms with Crippen LogP contribution in [0.2, 0.25) is 0 Å². The van der Waals surface area contributed by atoms with Crippen LogP contribution in [0.15, 0.2) is 0 Å². The van der Waals surface area contributed by atoms with Crippen LogP contribution < -0.4 is 0 Å². The zero-order valence-electron chi connectivity index (χ0n) is 30.0. The van der Waals surface area contributed by atoms with Gasteiger partial charge >= 0.3 is 11.9 Å². The lowest BCUT2D eigenvalue weighted by Gasteiger charge is -2.44. The molecule has 0 aromatic heterocycles. The van der Waals surface area contributed by atoms with Gasteiger partial charge in [0.2, 0.25) is 0 Å². The maximum Gasteiger partial charge on any atom is 0.305 e. The van der Waals surface area contributed by atoms with Crippen LogP contribution >= 0.6 is 0 Å². The van der Waals surface area contributed by atoms with E-state index in [9.17, 15) is 14.7 Å². The van der Waals surface area contributed by atoms with Crippen LogP contribution in [0.25, 0.3) is 0 Å². The van der Waals surface area contributed by atoms with Gasteiger partial charge in [-0.3, -0.25) is 19.4 Å². The van der Waals surface area contributed by atoms with Gasteiger partial charge in [-0.15, -0.1) is 0 Å². The van der Waals surface area contributed by atoms with E-state index in [1.165, 1.54) is 89.9 Å². The average Bonchev–Trinajstić information content (AvgIpc) is 3.05. The normalized spacial score (nSPS) is 15.8. The molecule has 1 fully saturated rings. The summed E-state index contributed by atoms with van der Waals surface area (Å²) < 4.78 is 16.9. The second-order valence-corrected chi connectivity index (χ2v) is 13.5. The molecule has 0 amide bonds. The number of rotatable bonds is 30. The minimum absolute atomic E-state index is 0.155. The first-order valence-electron chi connectivity index (χ1n) is 18.9. The molecule has 0 aromatic rings. The van der Waals surface area contributed by atoms with Crippen LogP contribution in [0.1, 0.15) is 162 Å². The summed E-state index contributed by atoms with van der Waals surface area (Å²) in [5, 5.41) is 11.0.